The molecule has 1 rings (SSSR count). The van der Waals surface area contributed by atoms with Gasteiger partial charge in [0, 0.05) is 19.7 Å². The number of rotatable bonds is 6. The van der Waals surface area contributed by atoms with Crippen molar-refractivity contribution in [3.63, 3.8) is 0 Å². The molecule has 2 N–H and O–H groups in total. The Morgan fingerprint density at radius 2 is 2.20 bits per heavy atom. The standard InChI is InChI=1S/C12H26N2O/c1-4-14(10-12(2,3)9-13)7-11-5-6-15-8-11/h11H,4-10,13H2,1-3H3. The molecule has 1 aliphatic rings. The zero-order chi connectivity index (χ0) is 11.3. The Balaban J connectivity index is 2.34. The van der Waals surface area contributed by atoms with Crippen LogP contribution in [0.3, 0.4) is 0 Å². The Hall–Kier alpha value is -0.120. The van der Waals surface area contributed by atoms with E-state index in [0.717, 1.165) is 38.8 Å². The van der Waals surface area contributed by atoms with Gasteiger partial charge < -0.3 is 15.4 Å². The molecule has 3 nitrogen and oxygen atoms in total. The Labute approximate surface area is 94.0 Å². The van der Waals surface area contributed by atoms with Crippen molar-refractivity contribution >= 4 is 0 Å². The molecule has 0 bridgehead atoms. The Morgan fingerprint density at radius 3 is 2.67 bits per heavy atom. The van der Waals surface area contributed by atoms with Gasteiger partial charge in [0.15, 0.2) is 0 Å². The average molecular weight is 214 g/mol. The van der Waals surface area contributed by atoms with E-state index in [-0.39, 0.29) is 5.41 Å². The molecule has 0 saturated carbocycles. The molecule has 1 heterocycles. The lowest BCUT2D eigenvalue weighted by molar-refractivity contribution is 0.145. The van der Waals surface area contributed by atoms with Crippen LogP contribution in [0.15, 0.2) is 0 Å². The summed E-state index contributed by atoms with van der Waals surface area (Å²) in [4.78, 5) is 2.51. The fourth-order valence-electron chi connectivity index (χ4n) is 2.07. The van der Waals surface area contributed by atoms with E-state index in [4.69, 9.17) is 10.5 Å². The molecule has 15 heavy (non-hydrogen) atoms. The van der Waals surface area contributed by atoms with Gasteiger partial charge in [-0.3, -0.25) is 0 Å². The highest BCUT2D eigenvalue weighted by Gasteiger charge is 2.23. The summed E-state index contributed by atoms with van der Waals surface area (Å²) in [7, 11) is 0. The molecule has 0 spiro atoms. The lowest BCUT2D eigenvalue weighted by Crippen LogP contribution is -2.41. The maximum absolute atomic E-state index is 5.77. The van der Waals surface area contributed by atoms with E-state index in [9.17, 15) is 0 Å². The first-order valence-electron chi connectivity index (χ1n) is 6.07. The lowest BCUT2D eigenvalue weighted by Gasteiger charge is -2.32. The first-order valence-corrected chi connectivity index (χ1v) is 6.07. The van der Waals surface area contributed by atoms with Crippen molar-refractivity contribution in [1.29, 1.82) is 0 Å². The quantitative estimate of drug-likeness (QED) is 0.725. The molecule has 1 saturated heterocycles. The summed E-state index contributed by atoms with van der Waals surface area (Å²) in [5.41, 5.74) is 6.00. The van der Waals surface area contributed by atoms with E-state index < -0.39 is 0 Å². The largest absolute Gasteiger partial charge is 0.381 e. The van der Waals surface area contributed by atoms with E-state index >= 15 is 0 Å². The number of hydrogen-bond acceptors (Lipinski definition) is 3. The third kappa shape index (κ3) is 4.49. The van der Waals surface area contributed by atoms with E-state index in [1.807, 2.05) is 0 Å². The van der Waals surface area contributed by atoms with Crippen LogP contribution in [0.25, 0.3) is 0 Å². The van der Waals surface area contributed by atoms with Crippen molar-refractivity contribution in [2.45, 2.75) is 27.2 Å². The highest BCUT2D eigenvalue weighted by Crippen LogP contribution is 2.18. The summed E-state index contributed by atoms with van der Waals surface area (Å²) >= 11 is 0. The van der Waals surface area contributed by atoms with Crippen molar-refractivity contribution in [1.82, 2.24) is 4.90 Å². The van der Waals surface area contributed by atoms with Crippen LogP contribution in [0.2, 0.25) is 0 Å². The normalized spacial score (nSPS) is 22.6. The topological polar surface area (TPSA) is 38.5 Å². The van der Waals surface area contributed by atoms with Crippen LogP contribution in [0.5, 0.6) is 0 Å². The Bertz CT molecular complexity index is 176. The molecule has 0 aromatic carbocycles. The Kier molecular flexibility index (Phi) is 5.03. The smallest absolute Gasteiger partial charge is 0.0507 e. The molecule has 1 fully saturated rings. The predicted octanol–water partition coefficient (Wildman–Crippen LogP) is 1.33. The van der Waals surface area contributed by atoms with Gasteiger partial charge in [-0.2, -0.15) is 0 Å². The van der Waals surface area contributed by atoms with Gasteiger partial charge in [0.2, 0.25) is 0 Å². The third-order valence-corrected chi connectivity index (χ3v) is 3.19. The van der Waals surface area contributed by atoms with Gasteiger partial charge in [0.25, 0.3) is 0 Å². The van der Waals surface area contributed by atoms with Crippen LogP contribution < -0.4 is 5.73 Å². The summed E-state index contributed by atoms with van der Waals surface area (Å²) in [6, 6.07) is 0. The molecule has 0 radical (unpaired) electrons. The molecule has 90 valence electrons. The Morgan fingerprint density at radius 1 is 1.47 bits per heavy atom. The first kappa shape index (κ1) is 12.9. The highest BCUT2D eigenvalue weighted by atomic mass is 16.5. The van der Waals surface area contributed by atoms with E-state index in [0.29, 0.717) is 0 Å². The molecule has 0 aromatic heterocycles. The summed E-state index contributed by atoms with van der Waals surface area (Å²) in [6.45, 7) is 12.7. The second-order valence-electron chi connectivity index (χ2n) is 5.43. The minimum absolute atomic E-state index is 0.232. The second-order valence-corrected chi connectivity index (χ2v) is 5.43. The number of nitrogens with two attached hydrogens (primary N) is 1. The van der Waals surface area contributed by atoms with Gasteiger partial charge in [-0.1, -0.05) is 20.8 Å². The molecule has 0 amide bonds. The lowest BCUT2D eigenvalue weighted by atomic mass is 9.92. The van der Waals surface area contributed by atoms with Crippen molar-refractivity contribution in [2.24, 2.45) is 17.1 Å². The van der Waals surface area contributed by atoms with Gasteiger partial charge in [-0.05, 0) is 30.8 Å². The highest BCUT2D eigenvalue weighted by molar-refractivity contribution is 4.77. The summed E-state index contributed by atoms with van der Waals surface area (Å²) in [5.74, 6) is 0.735. The molecule has 1 atom stereocenters. The maximum Gasteiger partial charge on any atom is 0.0507 e. The van der Waals surface area contributed by atoms with Crippen LogP contribution in [0, 0.1) is 11.3 Å². The van der Waals surface area contributed by atoms with Crippen LogP contribution >= 0.6 is 0 Å². The van der Waals surface area contributed by atoms with E-state index in [2.05, 4.69) is 25.7 Å². The summed E-state index contributed by atoms with van der Waals surface area (Å²) in [6.07, 6.45) is 1.22. The molecular formula is C12H26N2O. The summed E-state index contributed by atoms with van der Waals surface area (Å²) in [5, 5.41) is 0. The molecule has 1 aliphatic heterocycles. The SMILES string of the molecule is CCN(CC1CCOC1)CC(C)(C)CN. The van der Waals surface area contributed by atoms with Gasteiger partial charge in [0.1, 0.15) is 0 Å². The number of hydrogen-bond donors (Lipinski definition) is 1. The minimum Gasteiger partial charge on any atom is -0.381 e. The fraction of sp³-hybridized carbons (Fsp3) is 1.00. The number of ether oxygens (including phenoxy) is 1. The molecule has 0 aliphatic carbocycles. The monoisotopic (exact) mass is 214 g/mol. The van der Waals surface area contributed by atoms with Crippen molar-refractivity contribution < 1.29 is 4.74 Å². The van der Waals surface area contributed by atoms with Gasteiger partial charge >= 0.3 is 0 Å². The zero-order valence-corrected chi connectivity index (χ0v) is 10.5. The minimum atomic E-state index is 0.232. The van der Waals surface area contributed by atoms with Gasteiger partial charge in [0.05, 0.1) is 6.61 Å². The number of nitrogens with zero attached hydrogens (tertiary/aromatic N) is 1. The van der Waals surface area contributed by atoms with E-state index in [1.54, 1.807) is 0 Å². The van der Waals surface area contributed by atoms with Crippen LogP contribution in [-0.2, 0) is 4.74 Å². The van der Waals surface area contributed by atoms with Gasteiger partial charge in [-0.15, -0.1) is 0 Å². The average Bonchev–Trinajstić information content (AvgIpc) is 2.69. The van der Waals surface area contributed by atoms with Gasteiger partial charge in [-0.25, -0.2) is 0 Å². The van der Waals surface area contributed by atoms with Crippen LogP contribution in [0.4, 0.5) is 0 Å². The summed E-state index contributed by atoms with van der Waals surface area (Å²) < 4.78 is 5.41. The predicted molar refractivity (Wildman–Crippen MR) is 63.9 cm³/mol. The van der Waals surface area contributed by atoms with E-state index in [1.165, 1.54) is 13.0 Å². The van der Waals surface area contributed by atoms with Crippen LogP contribution in [-0.4, -0.2) is 44.3 Å². The third-order valence-electron chi connectivity index (χ3n) is 3.19. The molecule has 3 heteroatoms. The zero-order valence-electron chi connectivity index (χ0n) is 10.5. The fourth-order valence-corrected chi connectivity index (χ4v) is 2.07. The van der Waals surface area contributed by atoms with Crippen molar-refractivity contribution in [3.05, 3.63) is 0 Å². The molecule has 1 unspecified atom stereocenters. The van der Waals surface area contributed by atoms with Crippen molar-refractivity contribution in [2.75, 3.05) is 39.4 Å². The maximum atomic E-state index is 5.77. The first-order chi connectivity index (χ1) is 7.07. The molecular weight excluding hydrogens is 188 g/mol. The molecule has 0 aromatic rings. The second kappa shape index (κ2) is 5.83. The van der Waals surface area contributed by atoms with Crippen LogP contribution in [0.1, 0.15) is 27.2 Å². The van der Waals surface area contributed by atoms with Crippen molar-refractivity contribution in [3.8, 4) is 0 Å².